The second-order valence-electron chi connectivity index (χ2n) is 5.18. The molecular formula is C16H21N3O2. The first-order valence-electron chi connectivity index (χ1n) is 7.10. The number of nitrogens with two attached hydrogens (primary N) is 1. The van der Waals surface area contributed by atoms with Crippen LogP contribution in [0.15, 0.2) is 34.7 Å². The Morgan fingerprint density at radius 1 is 1.38 bits per heavy atom. The predicted molar refractivity (Wildman–Crippen MR) is 81.7 cm³/mol. The smallest absolute Gasteiger partial charge is 0.226 e. The summed E-state index contributed by atoms with van der Waals surface area (Å²) in [5.74, 6) is 1.16. The van der Waals surface area contributed by atoms with Gasteiger partial charge in [0.2, 0.25) is 11.8 Å². The Kier molecular flexibility index (Phi) is 5.11. The maximum atomic E-state index is 11.9. The second kappa shape index (κ2) is 7.04. The number of aromatic nitrogens is 1. The highest BCUT2D eigenvalue weighted by Crippen LogP contribution is 2.21. The molecule has 1 aromatic heterocycles. The molecule has 2 rings (SSSR count). The molecule has 0 spiro atoms. The largest absolute Gasteiger partial charge is 0.441 e. The van der Waals surface area contributed by atoms with Crippen LogP contribution in [0.2, 0.25) is 0 Å². The summed E-state index contributed by atoms with van der Waals surface area (Å²) in [5.41, 5.74) is 7.22. The first-order chi connectivity index (χ1) is 10.1. The van der Waals surface area contributed by atoms with Gasteiger partial charge in [-0.3, -0.25) is 4.79 Å². The van der Waals surface area contributed by atoms with Crippen molar-refractivity contribution in [2.24, 2.45) is 5.73 Å². The van der Waals surface area contributed by atoms with Crippen molar-refractivity contribution in [2.45, 2.75) is 32.7 Å². The van der Waals surface area contributed by atoms with Crippen LogP contribution >= 0.6 is 0 Å². The molecule has 0 saturated carbocycles. The molecule has 0 radical (unpaired) electrons. The third-order valence-corrected chi connectivity index (χ3v) is 3.16. The molecule has 3 N–H and O–H groups in total. The molecule has 1 heterocycles. The van der Waals surface area contributed by atoms with E-state index in [0.717, 1.165) is 12.0 Å². The van der Waals surface area contributed by atoms with Gasteiger partial charge in [-0.25, -0.2) is 4.98 Å². The van der Waals surface area contributed by atoms with Crippen molar-refractivity contribution >= 4 is 5.91 Å². The van der Waals surface area contributed by atoms with Crippen molar-refractivity contribution in [1.29, 1.82) is 0 Å². The van der Waals surface area contributed by atoms with Crippen LogP contribution < -0.4 is 11.1 Å². The number of benzene rings is 1. The zero-order valence-corrected chi connectivity index (χ0v) is 12.4. The summed E-state index contributed by atoms with van der Waals surface area (Å²) in [6.07, 6.45) is 0.986. The maximum absolute atomic E-state index is 11.9. The fourth-order valence-electron chi connectivity index (χ4n) is 1.95. The zero-order chi connectivity index (χ0) is 15.2. The molecule has 1 amide bonds. The number of nitrogens with zero attached hydrogens (tertiary/aromatic N) is 1. The summed E-state index contributed by atoms with van der Waals surface area (Å²) in [7, 11) is 0. The van der Waals surface area contributed by atoms with Crippen LogP contribution in [-0.2, 0) is 11.2 Å². The van der Waals surface area contributed by atoms with E-state index in [0.29, 0.717) is 23.9 Å². The summed E-state index contributed by atoms with van der Waals surface area (Å²) in [4.78, 5) is 16.3. The van der Waals surface area contributed by atoms with Crippen LogP contribution in [0.4, 0.5) is 0 Å². The summed E-state index contributed by atoms with van der Waals surface area (Å²) in [6, 6.07) is 9.73. The van der Waals surface area contributed by atoms with E-state index in [-0.39, 0.29) is 18.4 Å². The lowest BCUT2D eigenvalue weighted by Gasteiger charge is -2.06. The predicted octanol–water partition coefficient (Wildman–Crippen LogP) is 2.05. The molecular weight excluding hydrogens is 266 g/mol. The van der Waals surface area contributed by atoms with Gasteiger partial charge in [0, 0.05) is 18.2 Å². The Balaban J connectivity index is 1.98. The SMILES string of the molecule is Cc1oc(-c2ccccc2)nc1CC(=O)NCCC(C)N. The van der Waals surface area contributed by atoms with E-state index < -0.39 is 0 Å². The van der Waals surface area contributed by atoms with Gasteiger partial charge in [0.1, 0.15) is 5.76 Å². The maximum Gasteiger partial charge on any atom is 0.226 e. The third-order valence-electron chi connectivity index (χ3n) is 3.16. The lowest BCUT2D eigenvalue weighted by atomic mass is 10.2. The van der Waals surface area contributed by atoms with Crippen molar-refractivity contribution in [2.75, 3.05) is 6.54 Å². The van der Waals surface area contributed by atoms with Crippen LogP contribution in [0.5, 0.6) is 0 Å². The molecule has 5 nitrogen and oxygen atoms in total. The third kappa shape index (κ3) is 4.43. The molecule has 21 heavy (non-hydrogen) atoms. The minimum Gasteiger partial charge on any atom is -0.441 e. The lowest BCUT2D eigenvalue weighted by Crippen LogP contribution is -2.30. The van der Waals surface area contributed by atoms with Gasteiger partial charge in [0.05, 0.1) is 12.1 Å². The van der Waals surface area contributed by atoms with E-state index in [1.165, 1.54) is 0 Å². The van der Waals surface area contributed by atoms with Crippen LogP contribution in [0.25, 0.3) is 11.5 Å². The van der Waals surface area contributed by atoms with E-state index in [1.807, 2.05) is 44.2 Å². The van der Waals surface area contributed by atoms with Crippen molar-refractivity contribution in [3.8, 4) is 11.5 Å². The molecule has 0 aliphatic carbocycles. The van der Waals surface area contributed by atoms with Gasteiger partial charge < -0.3 is 15.5 Å². The first-order valence-corrected chi connectivity index (χ1v) is 7.10. The quantitative estimate of drug-likeness (QED) is 0.852. The van der Waals surface area contributed by atoms with Gasteiger partial charge in [0.15, 0.2) is 0 Å². The van der Waals surface area contributed by atoms with Crippen molar-refractivity contribution < 1.29 is 9.21 Å². The molecule has 5 heteroatoms. The summed E-state index contributed by atoms with van der Waals surface area (Å²) in [5, 5.41) is 2.84. The molecule has 1 unspecified atom stereocenters. The topological polar surface area (TPSA) is 81.2 Å². The Morgan fingerprint density at radius 3 is 2.76 bits per heavy atom. The van der Waals surface area contributed by atoms with Crippen LogP contribution in [0, 0.1) is 6.92 Å². The number of nitrogens with one attached hydrogen (secondary N) is 1. The Labute approximate surface area is 124 Å². The highest BCUT2D eigenvalue weighted by molar-refractivity contribution is 5.78. The number of hydrogen-bond acceptors (Lipinski definition) is 4. The Bertz CT molecular complexity index is 591. The number of carbonyl (C=O) groups excluding carboxylic acids is 1. The standard InChI is InChI=1S/C16H21N3O2/c1-11(17)8-9-18-15(20)10-14-12(2)21-16(19-14)13-6-4-3-5-7-13/h3-7,11H,8-10,17H2,1-2H3,(H,18,20). The van der Waals surface area contributed by atoms with Gasteiger partial charge in [-0.1, -0.05) is 18.2 Å². The number of rotatable bonds is 6. The molecule has 2 aromatic rings. The van der Waals surface area contributed by atoms with E-state index in [4.69, 9.17) is 10.2 Å². The molecule has 0 aliphatic heterocycles. The fourth-order valence-corrected chi connectivity index (χ4v) is 1.95. The number of oxazole rings is 1. The van der Waals surface area contributed by atoms with Gasteiger partial charge >= 0.3 is 0 Å². The molecule has 0 bridgehead atoms. The highest BCUT2D eigenvalue weighted by Gasteiger charge is 2.14. The molecule has 0 saturated heterocycles. The van der Waals surface area contributed by atoms with Crippen LogP contribution in [0.1, 0.15) is 24.8 Å². The van der Waals surface area contributed by atoms with Gasteiger partial charge in [-0.05, 0) is 32.4 Å². The summed E-state index contributed by atoms with van der Waals surface area (Å²) < 4.78 is 5.63. The zero-order valence-electron chi connectivity index (χ0n) is 12.4. The number of aryl methyl sites for hydroxylation is 1. The van der Waals surface area contributed by atoms with Gasteiger partial charge in [0.25, 0.3) is 0 Å². The van der Waals surface area contributed by atoms with Crippen LogP contribution in [-0.4, -0.2) is 23.5 Å². The second-order valence-corrected chi connectivity index (χ2v) is 5.18. The summed E-state index contributed by atoms with van der Waals surface area (Å²) >= 11 is 0. The summed E-state index contributed by atoms with van der Waals surface area (Å²) in [6.45, 7) is 4.32. The normalized spacial score (nSPS) is 12.1. The van der Waals surface area contributed by atoms with Crippen molar-refractivity contribution in [3.05, 3.63) is 41.8 Å². The molecule has 0 fully saturated rings. The Hall–Kier alpha value is -2.14. The minimum absolute atomic E-state index is 0.0633. The van der Waals surface area contributed by atoms with E-state index >= 15 is 0 Å². The molecule has 112 valence electrons. The van der Waals surface area contributed by atoms with Gasteiger partial charge in [-0.15, -0.1) is 0 Å². The fraction of sp³-hybridized carbons (Fsp3) is 0.375. The molecule has 1 atom stereocenters. The lowest BCUT2D eigenvalue weighted by molar-refractivity contribution is -0.120. The molecule has 1 aromatic carbocycles. The Morgan fingerprint density at radius 2 is 2.10 bits per heavy atom. The average Bonchev–Trinajstić information content (AvgIpc) is 2.81. The monoisotopic (exact) mass is 287 g/mol. The van der Waals surface area contributed by atoms with Crippen molar-refractivity contribution in [1.82, 2.24) is 10.3 Å². The van der Waals surface area contributed by atoms with Gasteiger partial charge in [-0.2, -0.15) is 0 Å². The van der Waals surface area contributed by atoms with Crippen LogP contribution in [0.3, 0.4) is 0 Å². The highest BCUT2D eigenvalue weighted by atomic mass is 16.4. The average molecular weight is 287 g/mol. The minimum atomic E-state index is -0.0633. The number of hydrogen-bond donors (Lipinski definition) is 2. The van der Waals surface area contributed by atoms with E-state index in [9.17, 15) is 4.79 Å². The van der Waals surface area contributed by atoms with Crippen molar-refractivity contribution in [3.63, 3.8) is 0 Å². The van der Waals surface area contributed by atoms with E-state index in [2.05, 4.69) is 10.3 Å². The first kappa shape index (κ1) is 15.3. The number of amides is 1. The number of carbonyl (C=O) groups is 1. The van der Waals surface area contributed by atoms with E-state index in [1.54, 1.807) is 0 Å². The molecule has 0 aliphatic rings.